The number of nitrogens with one attached hydrogen (secondary N) is 1. The Morgan fingerprint density at radius 2 is 1.96 bits per heavy atom. The Labute approximate surface area is 143 Å². The molecule has 0 saturated carbocycles. The summed E-state index contributed by atoms with van der Waals surface area (Å²) in [5.41, 5.74) is 3.01. The minimum absolute atomic E-state index is 0.136. The van der Waals surface area contributed by atoms with Crippen molar-refractivity contribution in [3.63, 3.8) is 0 Å². The second kappa shape index (κ2) is 6.07. The van der Waals surface area contributed by atoms with Crippen LogP contribution in [0, 0.1) is 0 Å². The molecule has 4 rings (SSSR count). The second-order valence-electron chi connectivity index (χ2n) is 5.86. The quantitative estimate of drug-likeness (QED) is 0.765. The molecule has 0 bridgehead atoms. The number of benzene rings is 2. The molecule has 1 aliphatic heterocycles. The summed E-state index contributed by atoms with van der Waals surface area (Å²) < 4.78 is 10.9. The molecule has 0 fully saturated rings. The number of furan rings is 1. The first-order valence-corrected chi connectivity index (χ1v) is 7.89. The van der Waals surface area contributed by atoms with Crippen LogP contribution >= 0.6 is 0 Å². The van der Waals surface area contributed by atoms with Gasteiger partial charge in [-0.2, -0.15) is 0 Å². The maximum absolute atomic E-state index is 12.6. The molecule has 6 nitrogen and oxygen atoms in total. The fraction of sp³-hybridized carbons (Fsp3) is 0.158. The van der Waals surface area contributed by atoms with Crippen LogP contribution in [0.15, 0.2) is 52.9 Å². The number of aromatic carboxylic acids is 1. The van der Waals surface area contributed by atoms with E-state index < -0.39 is 12.1 Å². The number of fused-ring (bicyclic) bond motifs is 2. The lowest BCUT2D eigenvalue weighted by molar-refractivity contribution is -0.128. The molecule has 2 N–H and O–H groups in total. The summed E-state index contributed by atoms with van der Waals surface area (Å²) in [5, 5.41) is 12.4. The van der Waals surface area contributed by atoms with Gasteiger partial charge in [-0.05, 0) is 41.8 Å². The van der Waals surface area contributed by atoms with E-state index in [0.29, 0.717) is 23.3 Å². The molecule has 3 aromatic rings. The first kappa shape index (κ1) is 15.4. The minimum atomic E-state index is -1.13. The second-order valence-corrected chi connectivity index (χ2v) is 5.86. The van der Waals surface area contributed by atoms with Crippen molar-refractivity contribution in [3.8, 4) is 0 Å². The average molecular weight is 337 g/mol. The van der Waals surface area contributed by atoms with Crippen LogP contribution in [0.3, 0.4) is 0 Å². The van der Waals surface area contributed by atoms with Crippen molar-refractivity contribution < 1.29 is 23.8 Å². The maximum Gasteiger partial charge on any atom is 0.371 e. The summed E-state index contributed by atoms with van der Waals surface area (Å²) in [6.45, 7) is 0.498. The Morgan fingerprint density at radius 1 is 1.12 bits per heavy atom. The zero-order chi connectivity index (χ0) is 17.4. The number of carboxylic acid groups (broad SMARTS) is 1. The summed E-state index contributed by atoms with van der Waals surface area (Å²) in [6.07, 6.45) is 0.137. The molecule has 0 saturated heterocycles. The van der Waals surface area contributed by atoms with Gasteiger partial charge in [0.25, 0.3) is 5.91 Å². The van der Waals surface area contributed by atoms with Gasteiger partial charge < -0.3 is 19.6 Å². The molecule has 1 atom stereocenters. The van der Waals surface area contributed by atoms with Gasteiger partial charge in [-0.15, -0.1) is 0 Å². The van der Waals surface area contributed by atoms with Crippen molar-refractivity contribution in [1.82, 2.24) is 0 Å². The number of rotatable bonds is 3. The minimum Gasteiger partial charge on any atom is -0.475 e. The van der Waals surface area contributed by atoms with Crippen molar-refractivity contribution in [2.45, 2.75) is 12.5 Å². The normalized spacial score (nSPS) is 16.4. The average Bonchev–Trinajstić information content (AvgIpc) is 3.05. The molecule has 2 aromatic carbocycles. The third kappa shape index (κ3) is 2.88. The number of amides is 1. The molecular weight excluding hydrogens is 322 g/mol. The number of carbonyl (C=O) groups is 2. The lowest BCUT2D eigenvalue weighted by atomic mass is 9.97. The SMILES string of the molecule is O=C(O)c1cc2cc(NC(=O)C3OCCc4ccccc43)ccc2o1. The van der Waals surface area contributed by atoms with Crippen LogP contribution in [0.5, 0.6) is 0 Å². The molecule has 1 unspecified atom stereocenters. The van der Waals surface area contributed by atoms with E-state index in [9.17, 15) is 9.59 Å². The zero-order valence-electron chi connectivity index (χ0n) is 13.2. The van der Waals surface area contributed by atoms with E-state index in [1.807, 2.05) is 24.3 Å². The van der Waals surface area contributed by atoms with E-state index in [1.54, 1.807) is 18.2 Å². The van der Waals surface area contributed by atoms with Crippen LogP contribution in [0.2, 0.25) is 0 Å². The molecule has 0 spiro atoms. The third-order valence-electron chi connectivity index (χ3n) is 4.23. The summed E-state index contributed by atoms with van der Waals surface area (Å²) in [7, 11) is 0. The zero-order valence-corrected chi connectivity index (χ0v) is 13.2. The van der Waals surface area contributed by atoms with Crippen LogP contribution < -0.4 is 5.32 Å². The highest BCUT2D eigenvalue weighted by atomic mass is 16.5. The number of hydrogen-bond donors (Lipinski definition) is 2. The van der Waals surface area contributed by atoms with Gasteiger partial charge >= 0.3 is 5.97 Å². The Morgan fingerprint density at radius 3 is 2.80 bits per heavy atom. The molecule has 6 heteroatoms. The van der Waals surface area contributed by atoms with Crippen molar-refractivity contribution in [3.05, 3.63) is 65.4 Å². The number of ether oxygens (including phenoxy) is 1. The fourth-order valence-corrected chi connectivity index (χ4v) is 3.05. The molecule has 0 aliphatic carbocycles. The van der Waals surface area contributed by atoms with E-state index in [-0.39, 0.29) is 11.7 Å². The Kier molecular flexibility index (Phi) is 3.74. The van der Waals surface area contributed by atoms with E-state index in [1.165, 1.54) is 6.07 Å². The highest BCUT2D eigenvalue weighted by molar-refractivity contribution is 5.98. The van der Waals surface area contributed by atoms with Crippen molar-refractivity contribution in [2.75, 3.05) is 11.9 Å². The predicted octanol–water partition coefficient (Wildman–Crippen LogP) is 3.38. The Bertz CT molecular complexity index is 975. The van der Waals surface area contributed by atoms with E-state index in [0.717, 1.165) is 17.5 Å². The van der Waals surface area contributed by atoms with Gasteiger partial charge in [0.05, 0.1) is 6.61 Å². The van der Waals surface area contributed by atoms with E-state index in [4.69, 9.17) is 14.3 Å². The highest BCUT2D eigenvalue weighted by Crippen LogP contribution is 2.29. The van der Waals surface area contributed by atoms with Gasteiger partial charge in [0, 0.05) is 11.1 Å². The fourth-order valence-electron chi connectivity index (χ4n) is 3.05. The standard InChI is InChI=1S/C19H15NO5/c21-18(17-14-4-2-1-3-11(14)7-8-24-17)20-13-5-6-15-12(9-13)10-16(25-15)19(22)23/h1-6,9-10,17H,7-8H2,(H,20,21)(H,22,23). The summed E-state index contributed by atoms with van der Waals surface area (Å²) in [6, 6.07) is 14.2. The number of hydrogen-bond acceptors (Lipinski definition) is 4. The summed E-state index contributed by atoms with van der Waals surface area (Å²) in [5.74, 6) is -1.52. The highest BCUT2D eigenvalue weighted by Gasteiger charge is 2.27. The molecule has 25 heavy (non-hydrogen) atoms. The van der Waals surface area contributed by atoms with Gasteiger partial charge in [0.2, 0.25) is 5.76 Å². The van der Waals surface area contributed by atoms with Crippen molar-refractivity contribution in [2.24, 2.45) is 0 Å². The Hall–Kier alpha value is -3.12. The van der Waals surface area contributed by atoms with Crippen molar-refractivity contribution in [1.29, 1.82) is 0 Å². The predicted molar refractivity (Wildman–Crippen MR) is 90.6 cm³/mol. The smallest absolute Gasteiger partial charge is 0.371 e. The van der Waals surface area contributed by atoms with Crippen LogP contribution in [-0.2, 0) is 16.0 Å². The first-order chi connectivity index (χ1) is 12.1. The number of carbonyl (C=O) groups excluding carboxylic acids is 1. The lowest BCUT2D eigenvalue weighted by Crippen LogP contribution is -2.28. The third-order valence-corrected chi connectivity index (χ3v) is 4.23. The summed E-state index contributed by atoms with van der Waals surface area (Å²) in [4.78, 5) is 23.6. The van der Waals surface area contributed by atoms with Gasteiger partial charge in [-0.3, -0.25) is 4.79 Å². The maximum atomic E-state index is 12.6. The van der Waals surface area contributed by atoms with Crippen molar-refractivity contribution >= 4 is 28.5 Å². The number of carboxylic acids is 1. The van der Waals surface area contributed by atoms with Crippen LogP contribution in [0.25, 0.3) is 11.0 Å². The molecule has 1 aromatic heterocycles. The topological polar surface area (TPSA) is 88.8 Å². The van der Waals surface area contributed by atoms with Gasteiger partial charge in [-0.1, -0.05) is 24.3 Å². The number of anilines is 1. The molecule has 2 heterocycles. The van der Waals surface area contributed by atoms with Crippen LogP contribution in [-0.4, -0.2) is 23.6 Å². The lowest BCUT2D eigenvalue weighted by Gasteiger charge is -2.25. The molecule has 1 aliphatic rings. The van der Waals surface area contributed by atoms with Gasteiger partial charge in [0.15, 0.2) is 6.10 Å². The van der Waals surface area contributed by atoms with E-state index in [2.05, 4.69) is 5.32 Å². The largest absolute Gasteiger partial charge is 0.475 e. The molecule has 1 amide bonds. The molecule has 0 radical (unpaired) electrons. The van der Waals surface area contributed by atoms with Gasteiger partial charge in [-0.25, -0.2) is 4.79 Å². The van der Waals surface area contributed by atoms with Gasteiger partial charge in [0.1, 0.15) is 5.58 Å². The molecular formula is C19H15NO5. The van der Waals surface area contributed by atoms with Crippen LogP contribution in [0.4, 0.5) is 5.69 Å². The van der Waals surface area contributed by atoms with Crippen LogP contribution in [0.1, 0.15) is 27.8 Å². The molecule has 126 valence electrons. The van der Waals surface area contributed by atoms with E-state index >= 15 is 0 Å². The summed E-state index contributed by atoms with van der Waals surface area (Å²) >= 11 is 0. The monoisotopic (exact) mass is 337 g/mol. The first-order valence-electron chi connectivity index (χ1n) is 7.89. The Balaban J connectivity index is 1.59.